The van der Waals surface area contributed by atoms with Crippen molar-refractivity contribution in [2.45, 2.75) is 32.0 Å². The van der Waals surface area contributed by atoms with Crippen LogP contribution in [0, 0.1) is 0 Å². The van der Waals surface area contributed by atoms with Gasteiger partial charge in [0.25, 0.3) is 5.91 Å². The van der Waals surface area contributed by atoms with E-state index in [1.807, 2.05) is 6.92 Å². The fourth-order valence-electron chi connectivity index (χ4n) is 1.95. The van der Waals surface area contributed by atoms with Crippen molar-refractivity contribution in [1.82, 2.24) is 20.6 Å². The first kappa shape index (κ1) is 13.3. The maximum absolute atomic E-state index is 13.5. The van der Waals surface area contributed by atoms with Crippen LogP contribution in [0.3, 0.4) is 0 Å². The molecule has 0 aliphatic carbocycles. The topological polar surface area (TPSA) is 69.8 Å². The number of aromatic nitrogens is 2. The molecule has 0 saturated carbocycles. The van der Waals surface area contributed by atoms with E-state index in [2.05, 4.69) is 20.6 Å². The first-order valence-electron chi connectivity index (χ1n) is 6.01. The van der Waals surface area contributed by atoms with Gasteiger partial charge in [0, 0.05) is 6.54 Å². The predicted molar refractivity (Wildman–Crippen MR) is 66.6 cm³/mol. The van der Waals surface area contributed by atoms with E-state index in [0.717, 1.165) is 0 Å². The van der Waals surface area contributed by atoms with Gasteiger partial charge in [-0.05, 0) is 19.4 Å². The first-order valence-corrected chi connectivity index (χ1v) is 6.39. The zero-order valence-electron chi connectivity index (χ0n) is 10.1. The summed E-state index contributed by atoms with van der Waals surface area (Å²) < 4.78 is 13.5. The van der Waals surface area contributed by atoms with E-state index < -0.39 is 18.1 Å². The number of aromatic amines is 1. The number of carbonyl (C=O) groups is 1. The highest BCUT2D eigenvalue weighted by Crippen LogP contribution is 2.14. The summed E-state index contributed by atoms with van der Waals surface area (Å²) >= 11 is 5.85. The number of alkyl halides is 1. The summed E-state index contributed by atoms with van der Waals surface area (Å²) in [6, 6.07) is -0.465. The lowest BCUT2D eigenvalue weighted by Gasteiger charge is -2.27. The molecule has 0 bridgehead atoms. The van der Waals surface area contributed by atoms with E-state index >= 15 is 0 Å². The van der Waals surface area contributed by atoms with Crippen LogP contribution >= 0.6 is 11.6 Å². The van der Waals surface area contributed by atoms with Crippen molar-refractivity contribution >= 4 is 17.5 Å². The Morgan fingerprint density at radius 1 is 1.67 bits per heavy atom. The summed E-state index contributed by atoms with van der Waals surface area (Å²) in [5.74, 6) is -0.270. The van der Waals surface area contributed by atoms with E-state index in [1.165, 1.54) is 0 Å². The molecule has 5 nitrogen and oxygen atoms in total. The number of halogens is 2. The number of H-pyrrole nitrogens is 1. The zero-order valence-corrected chi connectivity index (χ0v) is 10.9. The number of amides is 1. The second-order valence-corrected chi connectivity index (χ2v) is 4.66. The average molecular weight is 275 g/mol. The van der Waals surface area contributed by atoms with Crippen LogP contribution in [0.2, 0.25) is 5.15 Å². The summed E-state index contributed by atoms with van der Waals surface area (Å²) in [7, 11) is 0. The lowest BCUT2D eigenvalue weighted by atomic mass is 10.1. The van der Waals surface area contributed by atoms with Crippen LogP contribution in [0.15, 0.2) is 0 Å². The summed E-state index contributed by atoms with van der Waals surface area (Å²) in [4.78, 5) is 18.7. The molecule has 1 aliphatic heterocycles. The molecule has 3 N–H and O–H groups in total. The van der Waals surface area contributed by atoms with Gasteiger partial charge in [-0.15, -0.1) is 0 Å². The molecule has 1 aliphatic rings. The largest absolute Gasteiger partial charge is 0.344 e. The van der Waals surface area contributed by atoms with Gasteiger partial charge in [0.05, 0.1) is 11.7 Å². The van der Waals surface area contributed by atoms with Crippen LogP contribution in [-0.4, -0.2) is 41.2 Å². The van der Waals surface area contributed by atoms with Gasteiger partial charge in [-0.1, -0.05) is 18.5 Å². The van der Waals surface area contributed by atoms with Gasteiger partial charge >= 0.3 is 0 Å². The van der Waals surface area contributed by atoms with E-state index in [4.69, 9.17) is 11.6 Å². The quantitative estimate of drug-likeness (QED) is 0.772. The molecule has 1 aromatic heterocycles. The Labute approximate surface area is 110 Å². The highest BCUT2D eigenvalue weighted by Gasteiger charge is 2.27. The standard InChI is InChI=1S/C11H16ClFN4O/c1-2-7-9(12)17-10(15-7)11(18)16-8-3-4-14-5-6(8)13/h6,8,14H,2-5H2,1H3,(H,15,17)(H,16,18). The van der Waals surface area contributed by atoms with Crippen LogP contribution in [0.4, 0.5) is 4.39 Å². The van der Waals surface area contributed by atoms with Gasteiger partial charge in [0.15, 0.2) is 11.0 Å². The summed E-state index contributed by atoms with van der Waals surface area (Å²) in [5.41, 5.74) is 0.712. The normalized spacial score (nSPS) is 23.9. The van der Waals surface area contributed by atoms with Crippen LogP contribution in [0.25, 0.3) is 0 Å². The molecule has 2 unspecified atom stereocenters. The van der Waals surface area contributed by atoms with Gasteiger partial charge in [-0.2, -0.15) is 0 Å². The van der Waals surface area contributed by atoms with Crippen LogP contribution in [-0.2, 0) is 6.42 Å². The minimum Gasteiger partial charge on any atom is -0.344 e. The molecule has 2 rings (SSSR count). The van der Waals surface area contributed by atoms with Crippen molar-refractivity contribution in [3.63, 3.8) is 0 Å². The van der Waals surface area contributed by atoms with Crippen LogP contribution in [0.5, 0.6) is 0 Å². The van der Waals surface area contributed by atoms with Gasteiger partial charge in [0.1, 0.15) is 6.17 Å². The third kappa shape index (κ3) is 2.81. The highest BCUT2D eigenvalue weighted by molar-refractivity contribution is 6.30. The second-order valence-electron chi connectivity index (χ2n) is 4.30. The molecule has 7 heteroatoms. The Kier molecular flexibility index (Phi) is 4.19. The summed E-state index contributed by atoms with van der Waals surface area (Å²) in [5, 5.41) is 5.87. The van der Waals surface area contributed by atoms with Crippen molar-refractivity contribution in [3.05, 3.63) is 16.7 Å². The number of aryl methyl sites for hydroxylation is 1. The van der Waals surface area contributed by atoms with Crippen LogP contribution < -0.4 is 10.6 Å². The van der Waals surface area contributed by atoms with E-state index in [9.17, 15) is 9.18 Å². The third-order valence-corrected chi connectivity index (χ3v) is 3.33. The molecule has 0 aromatic carbocycles. The summed E-state index contributed by atoms with van der Waals surface area (Å²) in [6.45, 7) is 2.88. The Hall–Kier alpha value is -1.14. The molecule has 100 valence electrons. The number of hydrogen-bond donors (Lipinski definition) is 3. The molecule has 0 radical (unpaired) electrons. The first-order chi connectivity index (χ1) is 8.61. The molecule has 2 heterocycles. The molecule has 2 atom stereocenters. The van der Waals surface area contributed by atoms with Gasteiger partial charge in [-0.25, -0.2) is 9.37 Å². The fourth-order valence-corrected chi connectivity index (χ4v) is 2.22. The Morgan fingerprint density at radius 3 is 3.06 bits per heavy atom. The smallest absolute Gasteiger partial charge is 0.287 e. The van der Waals surface area contributed by atoms with Crippen LogP contribution in [0.1, 0.15) is 29.7 Å². The highest BCUT2D eigenvalue weighted by atomic mass is 35.5. The van der Waals surface area contributed by atoms with Crippen molar-refractivity contribution in [2.24, 2.45) is 0 Å². The Balaban J connectivity index is 2.02. The van der Waals surface area contributed by atoms with E-state index in [-0.39, 0.29) is 12.4 Å². The number of nitrogens with zero attached hydrogens (tertiary/aromatic N) is 1. The van der Waals surface area contributed by atoms with Crippen molar-refractivity contribution in [3.8, 4) is 0 Å². The zero-order chi connectivity index (χ0) is 13.1. The molecule has 18 heavy (non-hydrogen) atoms. The van der Waals surface area contributed by atoms with Gasteiger partial charge < -0.3 is 15.6 Å². The van der Waals surface area contributed by atoms with Gasteiger partial charge in [0.2, 0.25) is 0 Å². The monoisotopic (exact) mass is 274 g/mol. The maximum atomic E-state index is 13.5. The van der Waals surface area contributed by atoms with E-state index in [1.54, 1.807) is 0 Å². The number of rotatable bonds is 3. The number of imidazole rings is 1. The minimum absolute atomic E-state index is 0.141. The van der Waals surface area contributed by atoms with Crippen molar-refractivity contribution in [2.75, 3.05) is 13.1 Å². The Morgan fingerprint density at radius 2 is 2.44 bits per heavy atom. The predicted octanol–water partition coefficient (Wildman–Crippen LogP) is 1.06. The lowest BCUT2D eigenvalue weighted by Crippen LogP contribution is -2.51. The number of carbonyl (C=O) groups excluding carboxylic acids is 1. The van der Waals surface area contributed by atoms with Crippen molar-refractivity contribution < 1.29 is 9.18 Å². The molecular formula is C11H16ClFN4O. The molecular weight excluding hydrogens is 259 g/mol. The molecule has 1 fully saturated rings. The number of piperidine rings is 1. The third-order valence-electron chi connectivity index (χ3n) is 3.02. The minimum atomic E-state index is -1.07. The lowest BCUT2D eigenvalue weighted by molar-refractivity contribution is 0.0882. The molecule has 1 saturated heterocycles. The fraction of sp³-hybridized carbons (Fsp3) is 0.636. The molecule has 1 amide bonds. The number of nitrogens with one attached hydrogen (secondary N) is 3. The van der Waals surface area contributed by atoms with E-state index in [0.29, 0.717) is 30.2 Å². The Bertz CT molecular complexity index is 437. The summed E-state index contributed by atoms with van der Waals surface area (Å²) in [6.07, 6.45) is 0.166. The molecule has 1 aromatic rings. The van der Waals surface area contributed by atoms with Gasteiger partial charge in [-0.3, -0.25) is 4.79 Å². The number of hydrogen-bond acceptors (Lipinski definition) is 3. The SMILES string of the molecule is CCc1[nH]c(C(=O)NC2CCNCC2F)nc1Cl. The molecule has 0 spiro atoms. The average Bonchev–Trinajstić information content (AvgIpc) is 2.73. The maximum Gasteiger partial charge on any atom is 0.287 e. The second kappa shape index (κ2) is 5.67. The van der Waals surface area contributed by atoms with Crippen molar-refractivity contribution in [1.29, 1.82) is 0 Å².